The Morgan fingerprint density at radius 2 is 1.94 bits per heavy atom. The van der Waals surface area contributed by atoms with Gasteiger partial charge in [0.1, 0.15) is 0 Å². The van der Waals surface area contributed by atoms with E-state index in [0.717, 1.165) is 25.8 Å². The zero-order valence-electron chi connectivity index (χ0n) is 10.6. The first-order valence-electron chi connectivity index (χ1n) is 6.34. The average Bonchev–Trinajstić information content (AvgIpc) is 3.08. The molecule has 0 aromatic carbocycles. The minimum Gasteiger partial charge on any atom is -0.385 e. The molecular weight excluding hydrogens is 240 g/mol. The lowest BCUT2D eigenvalue weighted by atomic mass is 10.3. The van der Waals surface area contributed by atoms with Gasteiger partial charge >= 0.3 is 0 Å². The maximum absolute atomic E-state index is 11.5. The number of hydrogen-bond acceptors (Lipinski definition) is 4. The Morgan fingerprint density at radius 3 is 2.59 bits per heavy atom. The number of rotatable bonds is 11. The van der Waals surface area contributed by atoms with Crippen LogP contribution in [-0.2, 0) is 14.8 Å². The molecule has 17 heavy (non-hydrogen) atoms. The Balaban J connectivity index is 1.94. The first kappa shape index (κ1) is 14.9. The zero-order chi connectivity index (χ0) is 12.6. The largest absolute Gasteiger partial charge is 0.385 e. The van der Waals surface area contributed by atoms with Crippen LogP contribution in [0.3, 0.4) is 0 Å². The number of nitrogens with one attached hydrogen (secondary N) is 2. The number of ether oxygens (including phenoxy) is 1. The van der Waals surface area contributed by atoms with E-state index in [1.165, 1.54) is 12.8 Å². The smallest absolute Gasteiger partial charge is 0.211 e. The first-order chi connectivity index (χ1) is 8.14. The van der Waals surface area contributed by atoms with Gasteiger partial charge in [0.05, 0.1) is 5.75 Å². The van der Waals surface area contributed by atoms with E-state index in [-0.39, 0.29) is 5.75 Å². The maximum Gasteiger partial charge on any atom is 0.211 e. The summed E-state index contributed by atoms with van der Waals surface area (Å²) >= 11 is 0. The summed E-state index contributed by atoms with van der Waals surface area (Å²) < 4.78 is 30.5. The lowest BCUT2D eigenvalue weighted by molar-refractivity contribution is 0.196. The van der Waals surface area contributed by atoms with Gasteiger partial charge in [0.25, 0.3) is 0 Å². The van der Waals surface area contributed by atoms with Crippen molar-refractivity contribution in [3.63, 3.8) is 0 Å². The molecule has 2 N–H and O–H groups in total. The van der Waals surface area contributed by atoms with Gasteiger partial charge in [-0.25, -0.2) is 13.1 Å². The molecule has 0 amide bonds. The highest BCUT2D eigenvalue weighted by molar-refractivity contribution is 7.89. The molecule has 6 heteroatoms. The Morgan fingerprint density at radius 1 is 1.18 bits per heavy atom. The fraction of sp³-hybridized carbons (Fsp3) is 1.00. The third-order valence-corrected chi connectivity index (χ3v) is 4.17. The second kappa shape index (κ2) is 8.02. The Bertz CT molecular complexity index is 289. The summed E-state index contributed by atoms with van der Waals surface area (Å²) in [5, 5.41) is 3.37. The molecule has 0 radical (unpaired) electrons. The van der Waals surface area contributed by atoms with Gasteiger partial charge in [-0.1, -0.05) is 0 Å². The Kier molecular flexibility index (Phi) is 7.03. The predicted octanol–water partition coefficient (Wildman–Crippen LogP) is 0.475. The average molecular weight is 264 g/mol. The Hall–Kier alpha value is -0.170. The number of sulfonamides is 1. The molecule has 1 fully saturated rings. The molecule has 0 bridgehead atoms. The molecule has 1 aliphatic rings. The van der Waals surface area contributed by atoms with E-state index in [4.69, 9.17) is 4.74 Å². The van der Waals surface area contributed by atoms with Crippen molar-refractivity contribution in [3.8, 4) is 0 Å². The Labute approximate surface area is 104 Å². The number of unbranched alkanes of at least 4 members (excludes halogenated alkanes) is 1. The third kappa shape index (κ3) is 8.54. The summed E-state index contributed by atoms with van der Waals surface area (Å²) in [7, 11) is -1.47. The summed E-state index contributed by atoms with van der Waals surface area (Å²) in [4.78, 5) is 0. The highest BCUT2D eigenvalue weighted by atomic mass is 32.2. The highest BCUT2D eigenvalue weighted by Gasteiger charge is 2.19. The van der Waals surface area contributed by atoms with Crippen LogP contribution in [0.5, 0.6) is 0 Å². The van der Waals surface area contributed by atoms with Crippen LogP contribution in [0.4, 0.5) is 0 Å². The van der Waals surface area contributed by atoms with E-state index in [9.17, 15) is 8.42 Å². The molecule has 0 atom stereocenters. The van der Waals surface area contributed by atoms with Crippen molar-refractivity contribution in [2.75, 3.05) is 32.6 Å². The molecule has 1 rings (SSSR count). The zero-order valence-corrected chi connectivity index (χ0v) is 11.4. The number of hydrogen-bond donors (Lipinski definition) is 2. The van der Waals surface area contributed by atoms with Crippen molar-refractivity contribution in [2.24, 2.45) is 0 Å². The van der Waals surface area contributed by atoms with Crippen LogP contribution in [-0.4, -0.2) is 47.0 Å². The van der Waals surface area contributed by atoms with Crippen LogP contribution < -0.4 is 10.0 Å². The van der Waals surface area contributed by atoms with Crippen LogP contribution in [0.2, 0.25) is 0 Å². The van der Waals surface area contributed by atoms with E-state index in [1.807, 2.05) is 0 Å². The van der Waals surface area contributed by atoms with Crippen molar-refractivity contribution >= 4 is 10.0 Å². The lowest BCUT2D eigenvalue weighted by Crippen LogP contribution is -2.28. The quantitative estimate of drug-likeness (QED) is 0.533. The molecule has 0 heterocycles. The molecular formula is C11H24N2O3S. The highest BCUT2D eigenvalue weighted by Crippen LogP contribution is 2.18. The lowest BCUT2D eigenvalue weighted by Gasteiger charge is -2.06. The van der Waals surface area contributed by atoms with E-state index in [0.29, 0.717) is 19.2 Å². The second-order valence-corrected chi connectivity index (χ2v) is 6.42. The molecule has 0 aromatic rings. The summed E-state index contributed by atoms with van der Waals surface area (Å²) in [6.07, 6.45) is 4.92. The van der Waals surface area contributed by atoms with E-state index in [1.54, 1.807) is 7.11 Å². The fourth-order valence-corrected chi connectivity index (χ4v) is 2.71. The van der Waals surface area contributed by atoms with Crippen LogP contribution in [0.1, 0.15) is 32.1 Å². The molecule has 0 spiro atoms. The van der Waals surface area contributed by atoms with Gasteiger partial charge in [-0.15, -0.1) is 0 Å². The molecule has 102 valence electrons. The van der Waals surface area contributed by atoms with Crippen molar-refractivity contribution in [1.82, 2.24) is 10.0 Å². The molecule has 0 aromatic heterocycles. The van der Waals surface area contributed by atoms with Gasteiger partial charge in [0, 0.05) is 26.3 Å². The molecule has 1 saturated carbocycles. The van der Waals surface area contributed by atoms with Gasteiger partial charge in [0.15, 0.2) is 0 Å². The van der Waals surface area contributed by atoms with Crippen LogP contribution in [0.15, 0.2) is 0 Å². The number of methoxy groups -OCH3 is 1. The summed E-state index contributed by atoms with van der Waals surface area (Å²) in [6.45, 7) is 1.99. The standard InChI is InChI=1S/C11H24N2O3S/c1-16-9-4-8-13-17(14,15)10-3-2-7-12-11-5-6-11/h11-13H,2-10H2,1H3. The predicted molar refractivity (Wildman–Crippen MR) is 68.5 cm³/mol. The van der Waals surface area contributed by atoms with Crippen molar-refractivity contribution < 1.29 is 13.2 Å². The van der Waals surface area contributed by atoms with Gasteiger partial charge in [0.2, 0.25) is 10.0 Å². The first-order valence-corrected chi connectivity index (χ1v) is 7.99. The monoisotopic (exact) mass is 264 g/mol. The second-order valence-electron chi connectivity index (χ2n) is 4.50. The van der Waals surface area contributed by atoms with E-state index < -0.39 is 10.0 Å². The van der Waals surface area contributed by atoms with Crippen molar-refractivity contribution in [3.05, 3.63) is 0 Å². The van der Waals surface area contributed by atoms with Gasteiger partial charge in [-0.2, -0.15) is 0 Å². The van der Waals surface area contributed by atoms with Gasteiger partial charge in [-0.05, 0) is 38.6 Å². The molecule has 0 saturated heterocycles. The molecule has 0 aliphatic heterocycles. The summed E-state index contributed by atoms with van der Waals surface area (Å²) in [5.41, 5.74) is 0. The van der Waals surface area contributed by atoms with Gasteiger partial charge in [-0.3, -0.25) is 0 Å². The van der Waals surface area contributed by atoms with Crippen LogP contribution in [0, 0.1) is 0 Å². The van der Waals surface area contributed by atoms with Crippen LogP contribution in [0.25, 0.3) is 0 Å². The van der Waals surface area contributed by atoms with E-state index >= 15 is 0 Å². The fourth-order valence-electron chi connectivity index (χ4n) is 1.53. The maximum atomic E-state index is 11.5. The van der Waals surface area contributed by atoms with E-state index in [2.05, 4.69) is 10.0 Å². The third-order valence-electron chi connectivity index (χ3n) is 2.70. The van der Waals surface area contributed by atoms with Gasteiger partial charge < -0.3 is 10.1 Å². The van der Waals surface area contributed by atoms with Crippen LogP contribution >= 0.6 is 0 Å². The molecule has 1 aliphatic carbocycles. The topological polar surface area (TPSA) is 67.4 Å². The summed E-state index contributed by atoms with van der Waals surface area (Å²) in [6, 6.07) is 0.707. The minimum atomic E-state index is -3.08. The van der Waals surface area contributed by atoms with Crippen molar-refractivity contribution in [2.45, 2.75) is 38.1 Å². The normalized spacial score (nSPS) is 16.3. The SMILES string of the molecule is COCCCNS(=O)(=O)CCCCNC1CC1. The molecule has 5 nitrogen and oxygen atoms in total. The van der Waals surface area contributed by atoms with Crippen molar-refractivity contribution in [1.29, 1.82) is 0 Å². The minimum absolute atomic E-state index is 0.229. The molecule has 0 unspecified atom stereocenters. The summed E-state index contributed by atoms with van der Waals surface area (Å²) in [5.74, 6) is 0.229.